The molecule has 1 aromatic heterocycles. The van der Waals surface area contributed by atoms with E-state index in [0.717, 1.165) is 19.4 Å². The second-order valence-electron chi connectivity index (χ2n) is 8.36. The number of piperidine rings is 1. The lowest BCUT2D eigenvalue weighted by Gasteiger charge is -2.34. The summed E-state index contributed by atoms with van der Waals surface area (Å²) in [5, 5.41) is 3.97. The van der Waals surface area contributed by atoms with Crippen molar-refractivity contribution in [2.24, 2.45) is 0 Å². The van der Waals surface area contributed by atoms with Gasteiger partial charge in [-0.3, -0.25) is 9.59 Å². The molecular weight excluding hydrogens is 434 g/mol. The zero-order valence-corrected chi connectivity index (χ0v) is 19.0. The van der Waals surface area contributed by atoms with E-state index in [-0.39, 0.29) is 17.6 Å². The molecule has 174 valence electrons. The lowest BCUT2D eigenvalue weighted by atomic mass is 9.92. The molecule has 0 saturated carbocycles. The number of ketones is 2. The number of nitrogens with zero attached hydrogens (tertiary/aromatic N) is 3. The molecular formula is C25H25N5O4. The van der Waals surface area contributed by atoms with Gasteiger partial charge in [0.15, 0.2) is 17.3 Å². The summed E-state index contributed by atoms with van der Waals surface area (Å²) in [6, 6.07) is 10.4. The van der Waals surface area contributed by atoms with Crippen molar-refractivity contribution >= 4 is 34.2 Å². The molecule has 0 amide bonds. The van der Waals surface area contributed by atoms with Gasteiger partial charge in [0.05, 0.1) is 25.4 Å². The van der Waals surface area contributed by atoms with Crippen LogP contribution >= 0.6 is 0 Å². The van der Waals surface area contributed by atoms with E-state index in [0.29, 0.717) is 57.5 Å². The number of rotatable bonds is 5. The summed E-state index contributed by atoms with van der Waals surface area (Å²) in [6.07, 6.45) is 3.12. The Kier molecular flexibility index (Phi) is 5.53. The number of Topliss-reactive ketones (excluding diaryl/α,β-unsaturated/α-hetero) is 1. The number of hydrogen-bond acceptors (Lipinski definition) is 9. The maximum absolute atomic E-state index is 12.9. The van der Waals surface area contributed by atoms with E-state index < -0.39 is 0 Å². The number of nitrogens with one attached hydrogen (secondary N) is 1. The number of allylic oxidation sites excluding steroid dienone is 2. The van der Waals surface area contributed by atoms with Crippen molar-refractivity contribution in [3.63, 3.8) is 0 Å². The molecule has 34 heavy (non-hydrogen) atoms. The van der Waals surface area contributed by atoms with Gasteiger partial charge in [-0.05, 0) is 18.9 Å². The van der Waals surface area contributed by atoms with Crippen molar-refractivity contribution in [3.05, 3.63) is 59.3 Å². The molecule has 5 rings (SSSR count). The maximum atomic E-state index is 12.9. The van der Waals surface area contributed by atoms with E-state index in [1.54, 1.807) is 50.6 Å². The Morgan fingerprint density at radius 3 is 2.56 bits per heavy atom. The Bertz CT molecular complexity index is 1340. The predicted octanol–water partition coefficient (Wildman–Crippen LogP) is 2.75. The molecule has 0 radical (unpaired) electrons. The summed E-state index contributed by atoms with van der Waals surface area (Å²) in [4.78, 5) is 36.7. The number of nitrogens with two attached hydrogens (primary N) is 1. The fraction of sp³-hybridized carbons (Fsp3) is 0.280. The minimum Gasteiger partial charge on any atom is -0.493 e. The average molecular weight is 460 g/mol. The fourth-order valence-corrected chi connectivity index (χ4v) is 4.53. The molecule has 1 atom stereocenters. The van der Waals surface area contributed by atoms with E-state index in [9.17, 15) is 9.59 Å². The van der Waals surface area contributed by atoms with Gasteiger partial charge in [0.25, 0.3) is 0 Å². The maximum Gasteiger partial charge on any atom is 0.227 e. The summed E-state index contributed by atoms with van der Waals surface area (Å²) in [5.41, 5.74) is 8.11. The molecule has 9 nitrogen and oxygen atoms in total. The first kappa shape index (κ1) is 21.7. The topological polar surface area (TPSA) is 120 Å². The van der Waals surface area contributed by atoms with Crippen LogP contribution < -0.4 is 25.4 Å². The Balaban J connectivity index is 1.38. The third-order valence-electron chi connectivity index (χ3n) is 6.24. The molecule has 0 unspecified atom stereocenters. The molecule has 1 aliphatic heterocycles. The van der Waals surface area contributed by atoms with Crippen LogP contribution in [0, 0.1) is 0 Å². The zero-order chi connectivity index (χ0) is 23.8. The first-order valence-electron chi connectivity index (χ1n) is 11.1. The number of methoxy groups -OCH3 is 2. The van der Waals surface area contributed by atoms with Crippen molar-refractivity contribution in [3.8, 4) is 11.5 Å². The molecule has 0 spiro atoms. The number of carbonyl (C=O) groups excluding carboxylic acids is 2. The highest BCUT2D eigenvalue weighted by atomic mass is 16.5. The minimum absolute atomic E-state index is 0.0482. The lowest BCUT2D eigenvalue weighted by Crippen LogP contribution is -2.47. The molecule has 3 N–H and O–H groups in total. The first-order valence-corrected chi connectivity index (χ1v) is 11.1. The van der Waals surface area contributed by atoms with Crippen molar-refractivity contribution in [2.45, 2.75) is 18.9 Å². The summed E-state index contributed by atoms with van der Waals surface area (Å²) in [5.74, 6) is 1.64. The van der Waals surface area contributed by atoms with Crippen LogP contribution in [0.4, 0.5) is 11.8 Å². The highest BCUT2D eigenvalue weighted by molar-refractivity contribution is 6.24. The van der Waals surface area contributed by atoms with E-state index in [1.165, 1.54) is 6.08 Å². The van der Waals surface area contributed by atoms with E-state index in [2.05, 4.69) is 10.3 Å². The standard InChI is InChI=1S/C25H25N5O4/c1-33-21-10-17-18(12-22(21)34-2)28-25(29-24(17)26)30-9-5-6-14(13-30)27-19-11-20(31)15-7-3-4-8-16(15)23(19)32/h3-4,7-8,10-12,14,27H,5-6,9,13H2,1-2H3,(H2,26,28,29)/t14-/m0/s1. The van der Waals surface area contributed by atoms with Gasteiger partial charge in [0.2, 0.25) is 11.7 Å². The predicted molar refractivity (Wildman–Crippen MR) is 129 cm³/mol. The van der Waals surface area contributed by atoms with Crippen molar-refractivity contribution in [1.29, 1.82) is 0 Å². The van der Waals surface area contributed by atoms with Gasteiger partial charge in [0.1, 0.15) is 5.82 Å². The number of nitrogen functional groups attached to an aromatic ring is 1. The Labute approximate surface area is 196 Å². The SMILES string of the molecule is COc1cc2nc(N3CCC[C@H](NC4=CC(=O)c5ccccc5C4=O)C3)nc(N)c2cc1OC. The molecule has 1 fully saturated rings. The van der Waals surface area contributed by atoms with Crippen LogP contribution in [-0.4, -0.2) is 54.9 Å². The smallest absolute Gasteiger partial charge is 0.227 e. The molecule has 2 heterocycles. The van der Waals surface area contributed by atoms with Crippen LogP contribution in [0.3, 0.4) is 0 Å². The first-order chi connectivity index (χ1) is 16.5. The van der Waals surface area contributed by atoms with E-state index in [1.807, 2.05) is 4.90 Å². The second-order valence-corrected chi connectivity index (χ2v) is 8.36. The second kappa shape index (κ2) is 8.66. The third-order valence-corrected chi connectivity index (χ3v) is 6.24. The van der Waals surface area contributed by atoms with Crippen molar-refractivity contribution < 1.29 is 19.1 Å². The number of ether oxygens (including phenoxy) is 2. The molecule has 0 bridgehead atoms. The van der Waals surface area contributed by atoms with E-state index in [4.69, 9.17) is 20.2 Å². The van der Waals surface area contributed by atoms with Crippen LogP contribution in [0.25, 0.3) is 10.9 Å². The van der Waals surface area contributed by atoms with Crippen molar-refractivity contribution in [2.75, 3.05) is 37.9 Å². The number of carbonyl (C=O) groups is 2. The van der Waals surface area contributed by atoms with Gasteiger partial charge in [-0.2, -0.15) is 4.98 Å². The third kappa shape index (κ3) is 3.79. The van der Waals surface area contributed by atoms with Gasteiger partial charge in [-0.15, -0.1) is 0 Å². The summed E-state index contributed by atoms with van der Waals surface area (Å²) in [6.45, 7) is 1.32. The lowest BCUT2D eigenvalue weighted by molar-refractivity contribution is 0.0976. The van der Waals surface area contributed by atoms with E-state index >= 15 is 0 Å². The van der Waals surface area contributed by atoms with Crippen LogP contribution in [-0.2, 0) is 0 Å². The zero-order valence-electron chi connectivity index (χ0n) is 19.0. The average Bonchev–Trinajstić information content (AvgIpc) is 2.86. The number of hydrogen-bond donors (Lipinski definition) is 2. The number of aromatic nitrogens is 2. The van der Waals surface area contributed by atoms with Crippen molar-refractivity contribution in [1.82, 2.24) is 15.3 Å². The highest BCUT2D eigenvalue weighted by Gasteiger charge is 2.29. The molecule has 1 aliphatic carbocycles. The Morgan fingerprint density at radius 2 is 1.79 bits per heavy atom. The Morgan fingerprint density at radius 1 is 1.06 bits per heavy atom. The molecule has 2 aromatic carbocycles. The molecule has 1 saturated heterocycles. The Hall–Kier alpha value is -4.14. The fourth-order valence-electron chi connectivity index (χ4n) is 4.53. The van der Waals surface area contributed by atoms with Crippen LogP contribution in [0.1, 0.15) is 33.6 Å². The summed E-state index contributed by atoms with van der Waals surface area (Å²) >= 11 is 0. The minimum atomic E-state index is -0.167. The van der Waals surface area contributed by atoms with Gasteiger partial charge < -0.3 is 25.4 Å². The number of fused-ring (bicyclic) bond motifs is 2. The highest BCUT2D eigenvalue weighted by Crippen LogP contribution is 2.34. The normalized spacial score (nSPS) is 17.9. The van der Waals surface area contributed by atoms with Gasteiger partial charge >= 0.3 is 0 Å². The van der Waals surface area contributed by atoms with Crippen LogP contribution in [0.15, 0.2) is 48.2 Å². The molecule has 3 aromatic rings. The number of benzene rings is 2. The van der Waals surface area contributed by atoms with Gasteiger partial charge in [-0.1, -0.05) is 24.3 Å². The summed E-state index contributed by atoms with van der Waals surface area (Å²) in [7, 11) is 3.13. The van der Waals surface area contributed by atoms with Gasteiger partial charge in [-0.25, -0.2) is 4.98 Å². The quantitative estimate of drug-likeness (QED) is 0.593. The largest absolute Gasteiger partial charge is 0.493 e. The van der Waals surface area contributed by atoms with Crippen LogP contribution in [0.2, 0.25) is 0 Å². The molecule has 2 aliphatic rings. The molecule has 9 heteroatoms. The summed E-state index contributed by atoms with van der Waals surface area (Å²) < 4.78 is 10.8. The monoisotopic (exact) mass is 459 g/mol. The number of anilines is 2. The van der Waals surface area contributed by atoms with Gasteiger partial charge in [0, 0.05) is 47.8 Å². The van der Waals surface area contributed by atoms with Crippen LogP contribution in [0.5, 0.6) is 11.5 Å².